The minimum absolute atomic E-state index is 0. The zero-order chi connectivity index (χ0) is 20.9. The molecule has 0 saturated heterocycles. The molecule has 0 bridgehead atoms. The van der Waals surface area contributed by atoms with Crippen LogP contribution in [-0.2, 0) is 17.9 Å². The molecule has 1 aromatic carbocycles. The van der Waals surface area contributed by atoms with Crippen LogP contribution in [0.5, 0.6) is 5.75 Å². The lowest BCUT2D eigenvalue weighted by molar-refractivity contribution is 0.0258. The quantitative estimate of drug-likeness (QED) is 0.258. The van der Waals surface area contributed by atoms with Gasteiger partial charge in [-0.2, -0.15) is 0 Å². The Hall–Kier alpha value is -1.87. The van der Waals surface area contributed by atoms with E-state index in [9.17, 15) is 0 Å². The van der Waals surface area contributed by atoms with Crippen molar-refractivity contribution in [1.82, 2.24) is 15.6 Å². The summed E-state index contributed by atoms with van der Waals surface area (Å²) in [5, 5.41) is 6.71. The zero-order valence-electron chi connectivity index (χ0n) is 18.4. The lowest BCUT2D eigenvalue weighted by atomic mass is 10.0. The standard InChI is InChI=1S/C23H34N4O2.HI/c1-5-28-22(18(2)3)13-15-26-23(24-4)27-16-19-9-11-21(12-10-19)29-17-20-8-6-7-14-25-20;/h6-12,14,18,22H,5,13,15-17H2,1-4H3,(H2,24,26,27);1H. The topological polar surface area (TPSA) is 67.8 Å². The third-order valence-electron chi connectivity index (χ3n) is 4.57. The summed E-state index contributed by atoms with van der Waals surface area (Å²) in [7, 11) is 1.78. The molecule has 1 aromatic heterocycles. The van der Waals surface area contributed by atoms with E-state index < -0.39 is 0 Å². The number of benzene rings is 1. The zero-order valence-corrected chi connectivity index (χ0v) is 20.8. The monoisotopic (exact) mass is 526 g/mol. The van der Waals surface area contributed by atoms with Gasteiger partial charge in [0.25, 0.3) is 0 Å². The second kappa shape index (κ2) is 15.0. The predicted molar refractivity (Wildman–Crippen MR) is 133 cm³/mol. The highest BCUT2D eigenvalue weighted by atomic mass is 127. The summed E-state index contributed by atoms with van der Waals surface area (Å²) < 4.78 is 11.6. The Balaban J connectivity index is 0.00000450. The highest BCUT2D eigenvalue weighted by Crippen LogP contribution is 2.14. The number of nitrogens with one attached hydrogen (secondary N) is 2. The van der Waals surface area contributed by atoms with Crippen LogP contribution in [0.3, 0.4) is 0 Å². The Morgan fingerprint density at radius 2 is 1.87 bits per heavy atom. The molecule has 1 unspecified atom stereocenters. The average molecular weight is 526 g/mol. The van der Waals surface area contributed by atoms with Crippen molar-refractivity contribution in [2.45, 2.75) is 46.4 Å². The number of pyridine rings is 1. The number of halogens is 1. The number of hydrogen-bond acceptors (Lipinski definition) is 4. The van der Waals surface area contributed by atoms with E-state index in [0.717, 1.165) is 42.5 Å². The smallest absolute Gasteiger partial charge is 0.191 e. The van der Waals surface area contributed by atoms with Crippen molar-refractivity contribution in [1.29, 1.82) is 0 Å². The molecule has 2 aromatic rings. The normalized spacial score (nSPS) is 12.2. The summed E-state index contributed by atoms with van der Waals surface area (Å²) in [6.07, 6.45) is 2.99. The van der Waals surface area contributed by atoms with Gasteiger partial charge in [-0.15, -0.1) is 24.0 Å². The average Bonchev–Trinajstić information content (AvgIpc) is 2.75. The van der Waals surface area contributed by atoms with Gasteiger partial charge in [-0.05, 0) is 49.1 Å². The van der Waals surface area contributed by atoms with E-state index in [-0.39, 0.29) is 30.1 Å². The fourth-order valence-electron chi connectivity index (χ4n) is 2.91. The third-order valence-corrected chi connectivity index (χ3v) is 4.57. The molecule has 0 aliphatic carbocycles. The highest BCUT2D eigenvalue weighted by Gasteiger charge is 2.12. The molecule has 0 amide bonds. The third kappa shape index (κ3) is 9.75. The Labute approximate surface area is 197 Å². The molecule has 6 nitrogen and oxygen atoms in total. The second-order valence-electron chi connectivity index (χ2n) is 7.13. The molecular weight excluding hydrogens is 491 g/mol. The van der Waals surface area contributed by atoms with Gasteiger partial charge in [0.1, 0.15) is 12.4 Å². The Kier molecular flexibility index (Phi) is 13.1. The number of aromatic nitrogens is 1. The first-order chi connectivity index (χ1) is 14.1. The molecule has 0 spiro atoms. The molecule has 0 fully saturated rings. The summed E-state index contributed by atoms with van der Waals surface area (Å²) in [5.41, 5.74) is 2.07. The van der Waals surface area contributed by atoms with E-state index in [2.05, 4.69) is 46.6 Å². The molecule has 1 atom stereocenters. The molecule has 0 aliphatic heterocycles. The van der Waals surface area contributed by atoms with Crippen molar-refractivity contribution < 1.29 is 9.47 Å². The maximum Gasteiger partial charge on any atom is 0.191 e. The first-order valence-electron chi connectivity index (χ1n) is 10.3. The van der Waals surface area contributed by atoms with Gasteiger partial charge in [0, 0.05) is 32.9 Å². The fourth-order valence-corrected chi connectivity index (χ4v) is 2.91. The largest absolute Gasteiger partial charge is 0.487 e. The molecule has 7 heteroatoms. The first-order valence-corrected chi connectivity index (χ1v) is 10.3. The van der Waals surface area contributed by atoms with Gasteiger partial charge in [0.15, 0.2) is 5.96 Å². The number of nitrogens with zero attached hydrogens (tertiary/aromatic N) is 2. The minimum atomic E-state index is 0. The van der Waals surface area contributed by atoms with Gasteiger partial charge in [-0.25, -0.2) is 0 Å². The van der Waals surface area contributed by atoms with Gasteiger partial charge < -0.3 is 20.1 Å². The summed E-state index contributed by atoms with van der Waals surface area (Å²) in [6, 6.07) is 13.9. The molecule has 0 radical (unpaired) electrons. The van der Waals surface area contributed by atoms with Crippen LogP contribution in [0, 0.1) is 5.92 Å². The summed E-state index contributed by atoms with van der Waals surface area (Å²) >= 11 is 0. The Morgan fingerprint density at radius 3 is 2.47 bits per heavy atom. The van der Waals surface area contributed by atoms with E-state index in [4.69, 9.17) is 9.47 Å². The fraction of sp³-hybridized carbons (Fsp3) is 0.478. The Morgan fingerprint density at radius 1 is 1.10 bits per heavy atom. The molecule has 2 N–H and O–H groups in total. The molecule has 0 aliphatic rings. The minimum Gasteiger partial charge on any atom is -0.487 e. The summed E-state index contributed by atoms with van der Waals surface area (Å²) in [5.74, 6) is 2.13. The maximum atomic E-state index is 5.79. The molecule has 0 saturated carbocycles. The van der Waals surface area contributed by atoms with Crippen molar-refractivity contribution in [2.24, 2.45) is 10.9 Å². The van der Waals surface area contributed by atoms with Crippen LogP contribution in [0.1, 0.15) is 38.4 Å². The van der Waals surface area contributed by atoms with Crippen LogP contribution < -0.4 is 15.4 Å². The number of aliphatic imine (C=N–C) groups is 1. The predicted octanol–water partition coefficient (Wildman–Crippen LogP) is 4.39. The summed E-state index contributed by atoms with van der Waals surface area (Å²) in [4.78, 5) is 8.55. The first kappa shape index (κ1) is 26.2. The van der Waals surface area contributed by atoms with E-state index in [0.29, 0.717) is 19.1 Å². The van der Waals surface area contributed by atoms with Gasteiger partial charge in [-0.1, -0.05) is 32.0 Å². The van der Waals surface area contributed by atoms with Crippen molar-refractivity contribution in [2.75, 3.05) is 20.2 Å². The molecular formula is C23H35IN4O2. The van der Waals surface area contributed by atoms with E-state index >= 15 is 0 Å². The lowest BCUT2D eigenvalue weighted by Crippen LogP contribution is -2.38. The number of guanidine groups is 1. The van der Waals surface area contributed by atoms with Crippen molar-refractivity contribution in [3.8, 4) is 5.75 Å². The molecule has 166 valence electrons. The van der Waals surface area contributed by atoms with E-state index in [1.807, 2.05) is 37.3 Å². The number of rotatable bonds is 11. The van der Waals surface area contributed by atoms with Crippen molar-refractivity contribution in [3.63, 3.8) is 0 Å². The summed E-state index contributed by atoms with van der Waals surface area (Å²) in [6.45, 7) is 9.15. The van der Waals surface area contributed by atoms with Crippen molar-refractivity contribution in [3.05, 3.63) is 59.9 Å². The number of ether oxygens (including phenoxy) is 2. The van der Waals surface area contributed by atoms with Crippen LogP contribution >= 0.6 is 24.0 Å². The SMILES string of the molecule is CCOC(CCNC(=NC)NCc1ccc(OCc2ccccn2)cc1)C(C)C.I. The van der Waals surface area contributed by atoms with Crippen LogP contribution in [0.4, 0.5) is 0 Å². The highest BCUT2D eigenvalue weighted by molar-refractivity contribution is 14.0. The van der Waals surface area contributed by atoms with Gasteiger partial charge in [0.2, 0.25) is 0 Å². The molecule has 2 rings (SSSR count). The van der Waals surface area contributed by atoms with Gasteiger partial charge in [0.05, 0.1) is 11.8 Å². The maximum absolute atomic E-state index is 5.79. The second-order valence-corrected chi connectivity index (χ2v) is 7.13. The van der Waals surface area contributed by atoms with E-state index in [1.54, 1.807) is 13.2 Å². The Bertz CT molecular complexity index is 724. The number of hydrogen-bond donors (Lipinski definition) is 2. The lowest BCUT2D eigenvalue weighted by Gasteiger charge is -2.21. The molecule has 30 heavy (non-hydrogen) atoms. The van der Waals surface area contributed by atoms with Crippen LogP contribution in [0.25, 0.3) is 0 Å². The van der Waals surface area contributed by atoms with Gasteiger partial charge >= 0.3 is 0 Å². The van der Waals surface area contributed by atoms with Crippen LogP contribution in [0.2, 0.25) is 0 Å². The molecule has 1 heterocycles. The van der Waals surface area contributed by atoms with E-state index in [1.165, 1.54) is 0 Å². The van der Waals surface area contributed by atoms with Crippen LogP contribution in [0.15, 0.2) is 53.7 Å². The van der Waals surface area contributed by atoms with Gasteiger partial charge in [-0.3, -0.25) is 9.98 Å². The van der Waals surface area contributed by atoms with Crippen molar-refractivity contribution >= 4 is 29.9 Å². The van der Waals surface area contributed by atoms with Crippen LogP contribution in [-0.4, -0.2) is 37.2 Å².